The molecule has 0 fully saturated rings. The van der Waals surface area contributed by atoms with Gasteiger partial charge in [0, 0.05) is 5.57 Å². The van der Waals surface area contributed by atoms with Gasteiger partial charge in [0.05, 0.1) is 0 Å². The molecule has 0 unspecified atom stereocenters. The van der Waals surface area contributed by atoms with Crippen molar-refractivity contribution in [1.82, 2.24) is 0 Å². The van der Waals surface area contributed by atoms with Gasteiger partial charge in [-0.25, -0.2) is 4.79 Å². The fourth-order valence-electron chi connectivity index (χ4n) is 2.00. The summed E-state index contributed by atoms with van der Waals surface area (Å²) in [6.07, 6.45) is 9.24. The monoisotopic (exact) mass is 240 g/mol. The van der Waals surface area contributed by atoms with Gasteiger partial charge in [0.1, 0.15) is 0 Å². The van der Waals surface area contributed by atoms with Crippen LogP contribution in [0.4, 0.5) is 0 Å². The van der Waals surface area contributed by atoms with E-state index in [0.717, 1.165) is 57.8 Å². The van der Waals surface area contributed by atoms with E-state index in [1.165, 1.54) is 5.57 Å². The lowest BCUT2D eigenvalue weighted by atomic mass is 9.94. The molecule has 2 nitrogen and oxygen atoms in total. The van der Waals surface area contributed by atoms with Gasteiger partial charge < -0.3 is 5.11 Å². The molecule has 0 aliphatic carbocycles. The maximum absolute atomic E-state index is 11.3. The van der Waals surface area contributed by atoms with Gasteiger partial charge in [0.2, 0.25) is 0 Å². The normalized spacial score (nSPS) is 10.3. The molecule has 100 valence electrons. The van der Waals surface area contributed by atoms with E-state index in [1.54, 1.807) is 0 Å². The van der Waals surface area contributed by atoms with Crippen LogP contribution in [0.15, 0.2) is 11.1 Å². The zero-order chi connectivity index (χ0) is 13.1. The zero-order valence-corrected chi connectivity index (χ0v) is 11.7. The number of carbonyl (C=O) groups is 1. The molecule has 0 aliphatic rings. The highest BCUT2D eigenvalue weighted by molar-refractivity contribution is 5.87. The second-order valence-corrected chi connectivity index (χ2v) is 4.70. The first-order chi connectivity index (χ1) is 8.17. The van der Waals surface area contributed by atoms with Crippen molar-refractivity contribution in [3.63, 3.8) is 0 Å². The smallest absolute Gasteiger partial charge is 0.331 e. The van der Waals surface area contributed by atoms with E-state index in [-0.39, 0.29) is 0 Å². The minimum atomic E-state index is -0.694. The second-order valence-electron chi connectivity index (χ2n) is 4.70. The lowest BCUT2D eigenvalue weighted by Crippen LogP contribution is -2.05. The molecule has 0 spiro atoms. The van der Waals surface area contributed by atoms with Crippen LogP contribution in [0.2, 0.25) is 0 Å². The Labute approximate surface area is 106 Å². The molecule has 0 aromatic carbocycles. The number of allylic oxidation sites excluding steroid dienone is 1. The first-order valence-corrected chi connectivity index (χ1v) is 7.11. The molecular weight excluding hydrogens is 212 g/mol. The van der Waals surface area contributed by atoms with Crippen LogP contribution in [0.1, 0.15) is 78.6 Å². The summed E-state index contributed by atoms with van der Waals surface area (Å²) >= 11 is 0. The largest absolute Gasteiger partial charge is 0.478 e. The maximum Gasteiger partial charge on any atom is 0.331 e. The Morgan fingerprint density at radius 2 is 1.24 bits per heavy atom. The van der Waals surface area contributed by atoms with Crippen LogP contribution >= 0.6 is 0 Å². The second kappa shape index (κ2) is 10.4. The number of rotatable bonds is 10. The summed E-state index contributed by atoms with van der Waals surface area (Å²) < 4.78 is 0. The standard InChI is InChI=1S/C15H28O2/c1-4-7-10-13(11-8-5-2)14(15(16)17)12-9-6-3/h4-12H2,1-3H3,(H,16,17). The van der Waals surface area contributed by atoms with Crippen LogP contribution in [0, 0.1) is 0 Å². The number of unbranched alkanes of at least 4 members (excludes halogenated alkanes) is 3. The molecular formula is C15H28O2. The van der Waals surface area contributed by atoms with Crippen LogP contribution in [-0.2, 0) is 4.79 Å². The SMILES string of the molecule is CCCCC(CCCC)=C(CCCC)C(=O)O. The highest BCUT2D eigenvalue weighted by atomic mass is 16.4. The van der Waals surface area contributed by atoms with Crippen LogP contribution in [-0.4, -0.2) is 11.1 Å². The first kappa shape index (κ1) is 16.2. The van der Waals surface area contributed by atoms with E-state index in [2.05, 4.69) is 20.8 Å². The molecule has 0 rings (SSSR count). The molecule has 0 saturated heterocycles. The van der Waals surface area contributed by atoms with E-state index in [9.17, 15) is 9.90 Å². The van der Waals surface area contributed by atoms with Gasteiger partial charge >= 0.3 is 5.97 Å². The Bertz CT molecular complexity index is 231. The molecule has 0 saturated carbocycles. The average Bonchev–Trinajstić information content (AvgIpc) is 2.31. The third-order valence-corrected chi connectivity index (χ3v) is 3.13. The number of carboxylic acids is 1. The molecule has 0 heterocycles. The van der Waals surface area contributed by atoms with Gasteiger partial charge in [0.25, 0.3) is 0 Å². The summed E-state index contributed by atoms with van der Waals surface area (Å²) in [6, 6.07) is 0. The van der Waals surface area contributed by atoms with Gasteiger partial charge in [-0.15, -0.1) is 0 Å². The topological polar surface area (TPSA) is 37.3 Å². The molecule has 2 heteroatoms. The first-order valence-electron chi connectivity index (χ1n) is 7.11. The Kier molecular flexibility index (Phi) is 9.89. The Morgan fingerprint density at radius 1 is 0.824 bits per heavy atom. The van der Waals surface area contributed by atoms with Gasteiger partial charge in [-0.05, 0) is 38.5 Å². The molecule has 0 atom stereocenters. The predicted octanol–water partition coefficient (Wildman–Crippen LogP) is 4.94. The average molecular weight is 240 g/mol. The quantitative estimate of drug-likeness (QED) is 0.549. The van der Waals surface area contributed by atoms with Gasteiger partial charge in [-0.1, -0.05) is 45.6 Å². The van der Waals surface area contributed by atoms with Crippen molar-refractivity contribution in [2.75, 3.05) is 0 Å². The summed E-state index contributed by atoms with van der Waals surface area (Å²) in [6.45, 7) is 6.42. The number of carboxylic acid groups (broad SMARTS) is 1. The van der Waals surface area contributed by atoms with E-state index in [1.807, 2.05) is 0 Å². The minimum Gasteiger partial charge on any atom is -0.478 e. The van der Waals surface area contributed by atoms with Crippen LogP contribution < -0.4 is 0 Å². The zero-order valence-electron chi connectivity index (χ0n) is 11.7. The molecule has 0 aliphatic heterocycles. The minimum absolute atomic E-state index is 0.694. The molecule has 1 N–H and O–H groups in total. The number of hydrogen-bond acceptors (Lipinski definition) is 1. The Morgan fingerprint density at radius 3 is 1.59 bits per heavy atom. The van der Waals surface area contributed by atoms with Crippen LogP contribution in [0.3, 0.4) is 0 Å². The van der Waals surface area contributed by atoms with Gasteiger partial charge in [0.15, 0.2) is 0 Å². The van der Waals surface area contributed by atoms with E-state index < -0.39 is 5.97 Å². The molecule has 17 heavy (non-hydrogen) atoms. The van der Waals surface area contributed by atoms with Crippen molar-refractivity contribution in [2.24, 2.45) is 0 Å². The van der Waals surface area contributed by atoms with Crippen molar-refractivity contribution in [2.45, 2.75) is 78.6 Å². The lowest BCUT2D eigenvalue weighted by molar-refractivity contribution is -0.132. The van der Waals surface area contributed by atoms with Crippen molar-refractivity contribution < 1.29 is 9.90 Å². The Hall–Kier alpha value is -0.790. The van der Waals surface area contributed by atoms with Crippen molar-refractivity contribution >= 4 is 5.97 Å². The number of hydrogen-bond donors (Lipinski definition) is 1. The third-order valence-electron chi connectivity index (χ3n) is 3.13. The predicted molar refractivity (Wildman–Crippen MR) is 73.2 cm³/mol. The summed E-state index contributed by atoms with van der Waals surface area (Å²) in [5.41, 5.74) is 1.91. The lowest BCUT2D eigenvalue weighted by Gasteiger charge is -2.12. The van der Waals surface area contributed by atoms with Crippen LogP contribution in [0.25, 0.3) is 0 Å². The third kappa shape index (κ3) is 7.19. The maximum atomic E-state index is 11.3. The Balaban J connectivity index is 4.73. The summed E-state index contributed by atoms with van der Waals surface area (Å²) in [5, 5.41) is 9.31. The summed E-state index contributed by atoms with van der Waals surface area (Å²) in [7, 11) is 0. The molecule has 0 bridgehead atoms. The van der Waals surface area contributed by atoms with Gasteiger partial charge in [-0.2, -0.15) is 0 Å². The van der Waals surface area contributed by atoms with E-state index in [0.29, 0.717) is 5.57 Å². The molecule has 0 amide bonds. The highest BCUT2D eigenvalue weighted by Crippen LogP contribution is 2.23. The fourth-order valence-corrected chi connectivity index (χ4v) is 2.00. The van der Waals surface area contributed by atoms with Crippen molar-refractivity contribution in [3.05, 3.63) is 11.1 Å². The van der Waals surface area contributed by atoms with Crippen molar-refractivity contribution in [3.8, 4) is 0 Å². The fraction of sp³-hybridized carbons (Fsp3) is 0.800. The molecule has 0 aromatic heterocycles. The summed E-state index contributed by atoms with van der Waals surface area (Å²) in [5.74, 6) is -0.694. The number of aliphatic carboxylic acids is 1. The molecule has 0 aromatic rings. The van der Waals surface area contributed by atoms with Gasteiger partial charge in [-0.3, -0.25) is 0 Å². The highest BCUT2D eigenvalue weighted by Gasteiger charge is 2.13. The summed E-state index contributed by atoms with van der Waals surface area (Å²) in [4.78, 5) is 11.3. The van der Waals surface area contributed by atoms with E-state index >= 15 is 0 Å². The van der Waals surface area contributed by atoms with Crippen molar-refractivity contribution in [1.29, 1.82) is 0 Å². The van der Waals surface area contributed by atoms with E-state index in [4.69, 9.17) is 0 Å². The molecule has 0 radical (unpaired) electrons. The van der Waals surface area contributed by atoms with Crippen LogP contribution in [0.5, 0.6) is 0 Å².